The second kappa shape index (κ2) is 15.0. The van der Waals surface area contributed by atoms with E-state index in [4.69, 9.17) is 9.47 Å². The van der Waals surface area contributed by atoms with Crippen LogP contribution in [0.5, 0.6) is 5.75 Å². The zero-order chi connectivity index (χ0) is 30.7. The van der Waals surface area contributed by atoms with Gasteiger partial charge < -0.3 is 20.1 Å². The summed E-state index contributed by atoms with van der Waals surface area (Å²) in [7, 11) is 1.35. The first-order chi connectivity index (χ1) is 21.5. The molecule has 1 atom stereocenters. The molecule has 1 fully saturated rings. The minimum absolute atomic E-state index is 0.128. The Morgan fingerprint density at radius 2 is 1.41 bits per heavy atom. The molecule has 226 valence electrons. The fourth-order valence-electron chi connectivity index (χ4n) is 5.65. The van der Waals surface area contributed by atoms with E-state index in [9.17, 15) is 14.4 Å². The number of carbonyl (C=O) groups is 3. The van der Waals surface area contributed by atoms with E-state index < -0.39 is 12.0 Å². The molecule has 7 nitrogen and oxygen atoms in total. The standard InChI is InChI=1S/C37H38N2O5/c1-43-37(42)34(39-33-18-10-8-16-31(33)36(41)27-11-3-2-4-12-27)25-26-19-21-29(22-20-26)44-24-23-38-32-17-9-7-15-30(32)35(40)28-13-5-6-14-28/h2-4,7-12,15-22,28,34,38-39H,5-6,13-14,23-25H2,1H3. The van der Waals surface area contributed by atoms with Crippen molar-refractivity contribution in [1.29, 1.82) is 0 Å². The lowest BCUT2D eigenvalue weighted by Gasteiger charge is -2.20. The zero-order valence-corrected chi connectivity index (χ0v) is 25.0. The second-order valence-electron chi connectivity index (χ2n) is 11.0. The monoisotopic (exact) mass is 590 g/mol. The number of hydrogen-bond donors (Lipinski definition) is 2. The molecule has 0 aliphatic heterocycles. The van der Waals surface area contributed by atoms with Gasteiger partial charge in [0.25, 0.3) is 0 Å². The lowest BCUT2D eigenvalue weighted by Crippen LogP contribution is -2.33. The van der Waals surface area contributed by atoms with Gasteiger partial charge in [-0.1, -0.05) is 79.6 Å². The molecule has 0 spiro atoms. The van der Waals surface area contributed by atoms with Crippen molar-refractivity contribution in [3.05, 3.63) is 125 Å². The van der Waals surface area contributed by atoms with Gasteiger partial charge in [0, 0.05) is 46.9 Å². The van der Waals surface area contributed by atoms with E-state index in [1.165, 1.54) is 7.11 Å². The van der Waals surface area contributed by atoms with Crippen LogP contribution >= 0.6 is 0 Å². The molecular weight excluding hydrogens is 552 g/mol. The minimum atomic E-state index is -0.701. The first kappa shape index (κ1) is 30.5. The SMILES string of the molecule is COC(=O)C(Cc1ccc(OCCNc2ccccc2C(=O)C2CCCC2)cc1)Nc1ccccc1C(=O)c1ccccc1. The molecule has 2 N–H and O–H groups in total. The number of anilines is 2. The summed E-state index contributed by atoms with van der Waals surface area (Å²) < 4.78 is 11.0. The Hall–Kier alpha value is -4.91. The lowest BCUT2D eigenvalue weighted by atomic mass is 9.95. The molecule has 1 saturated carbocycles. The number of para-hydroxylation sites is 2. The Labute approximate surface area is 258 Å². The summed E-state index contributed by atoms with van der Waals surface area (Å²) in [4.78, 5) is 38.9. The average molecular weight is 591 g/mol. The summed E-state index contributed by atoms with van der Waals surface area (Å²) in [6.45, 7) is 0.968. The van der Waals surface area contributed by atoms with Crippen LogP contribution in [0.4, 0.5) is 11.4 Å². The summed E-state index contributed by atoms with van der Waals surface area (Å²) in [5, 5.41) is 6.60. The fraction of sp³-hybridized carbons (Fsp3) is 0.270. The molecule has 0 saturated heterocycles. The fourth-order valence-corrected chi connectivity index (χ4v) is 5.65. The zero-order valence-electron chi connectivity index (χ0n) is 25.0. The molecule has 7 heteroatoms. The van der Waals surface area contributed by atoms with Crippen molar-refractivity contribution < 1.29 is 23.9 Å². The van der Waals surface area contributed by atoms with E-state index in [0.717, 1.165) is 42.5 Å². The molecule has 0 aromatic heterocycles. The Balaban J connectivity index is 1.17. The molecule has 4 aromatic rings. The number of nitrogens with one attached hydrogen (secondary N) is 2. The third kappa shape index (κ3) is 7.72. The lowest BCUT2D eigenvalue weighted by molar-refractivity contribution is -0.141. The van der Waals surface area contributed by atoms with Crippen molar-refractivity contribution in [2.45, 2.75) is 38.1 Å². The Bertz CT molecular complexity index is 1560. The summed E-state index contributed by atoms with van der Waals surface area (Å²) in [5.74, 6) is 0.510. The van der Waals surface area contributed by atoms with E-state index in [1.54, 1.807) is 30.3 Å². The van der Waals surface area contributed by atoms with Gasteiger partial charge in [-0.05, 0) is 54.8 Å². The highest BCUT2D eigenvalue weighted by molar-refractivity contribution is 6.12. The molecule has 1 unspecified atom stereocenters. The number of hydrogen-bond acceptors (Lipinski definition) is 7. The molecule has 5 rings (SSSR count). The summed E-state index contributed by atoms with van der Waals surface area (Å²) in [6.07, 6.45) is 4.56. The Morgan fingerprint density at radius 3 is 2.11 bits per heavy atom. The van der Waals surface area contributed by atoms with Crippen LogP contribution in [0.3, 0.4) is 0 Å². The van der Waals surface area contributed by atoms with Crippen LogP contribution in [-0.4, -0.2) is 43.8 Å². The third-order valence-corrected chi connectivity index (χ3v) is 7.99. The Kier molecular flexibility index (Phi) is 10.4. The van der Waals surface area contributed by atoms with E-state index in [2.05, 4.69) is 10.6 Å². The molecule has 0 heterocycles. The molecule has 0 radical (unpaired) electrons. The molecular formula is C37H38N2O5. The van der Waals surface area contributed by atoms with Crippen molar-refractivity contribution in [3.63, 3.8) is 0 Å². The van der Waals surface area contributed by atoms with Crippen LogP contribution in [0, 0.1) is 5.92 Å². The van der Waals surface area contributed by atoms with Gasteiger partial charge in [0.15, 0.2) is 11.6 Å². The van der Waals surface area contributed by atoms with Gasteiger partial charge in [-0.3, -0.25) is 9.59 Å². The number of ketones is 2. The summed E-state index contributed by atoms with van der Waals surface area (Å²) in [5.41, 5.74) is 4.13. The molecule has 0 amide bonds. The smallest absolute Gasteiger partial charge is 0.328 e. The summed E-state index contributed by atoms with van der Waals surface area (Å²) >= 11 is 0. The van der Waals surface area contributed by atoms with Gasteiger partial charge in [-0.15, -0.1) is 0 Å². The summed E-state index contributed by atoms with van der Waals surface area (Å²) in [6, 6.07) is 30.8. The highest BCUT2D eigenvalue weighted by atomic mass is 16.5. The maximum absolute atomic E-state index is 13.2. The molecule has 4 aromatic carbocycles. The van der Waals surface area contributed by atoms with Gasteiger partial charge in [-0.25, -0.2) is 4.79 Å². The van der Waals surface area contributed by atoms with Crippen LogP contribution in [0.25, 0.3) is 0 Å². The average Bonchev–Trinajstić information content (AvgIpc) is 3.62. The van der Waals surface area contributed by atoms with Gasteiger partial charge in [0.2, 0.25) is 0 Å². The number of carbonyl (C=O) groups excluding carboxylic acids is 3. The number of benzene rings is 4. The predicted octanol–water partition coefficient (Wildman–Crippen LogP) is 6.98. The highest BCUT2D eigenvalue weighted by Gasteiger charge is 2.25. The minimum Gasteiger partial charge on any atom is -0.492 e. The predicted molar refractivity (Wildman–Crippen MR) is 173 cm³/mol. The van der Waals surface area contributed by atoms with Gasteiger partial charge in [-0.2, -0.15) is 0 Å². The number of rotatable bonds is 14. The largest absolute Gasteiger partial charge is 0.492 e. The maximum Gasteiger partial charge on any atom is 0.328 e. The second-order valence-corrected chi connectivity index (χ2v) is 11.0. The van der Waals surface area contributed by atoms with Gasteiger partial charge >= 0.3 is 5.97 Å². The van der Waals surface area contributed by atoms with Crippen LogP contribution < -0.4 is 15.4 Å². The van der Waals surface area contributed by atoms with E-state index in [1.807, 2.05) is 72.8 Å². The molecule has 0 bridgehead atoms. The first-order valence-electron chi connectivity index (χ1n) is 15.2. The molecule has 1 aliphatic rings. The van der Waals surface area contributed by atoms with Crippen molar-refractivity contribution in [3.8, 4) is 5.75 Å². The Morgan fingerprint density at radius 1 is 0.773 bits per heavy atom. The van der Waals surface area contributed by atoms with Crippen LogP contribution in [0.1, 0.15) is 57.5 Å². The van der Waals surface area contributed by atoms with E-state index in [-0.39, 0.29) is 17.5 Å². The molecule has 44 heavy (non-hydrogen) atoms. The van der Waals surface area contributed by atoms with Gasteiger partial charge in [0.05, 0.1) is 7.11 Å². The van der Waals surface area contributed by atoms with Crippen molar-refractivity contribution in [2.24, 2.45) is 5.92 Å². The first-order valence-corrected chi connectivity index (χ1v) is 15.2. The van der Waals surface area contributed by atoms with Gasteiger partial charge in [0.1, 0.15) is 18.4 Å². The topological polar surface area (TPSA) is 93.7 Å². The number of methoxy groups -OCH3 is 1. The van der Waals surface area contributed by atoms with E-state index >= 15 is 0 Å². The van der Waals surface area contributed by atoms with Crippen LogP contribution in [0.15, 0.2) is 103 Å². The number of ether oxygens (including phenoxy) is 2. The van der Waals surface area contributed by atoms with E-state index in [0.29, 0.717) is 42.1 Å². The third-order valence-electron chi connectivity index (χ3n) is 7.99. The molecule has 1 aliphatic carbocycles. The number of esters is 1. The quantitative estimate of drug-likeness (QED) is 0.0930. The van der Waals surface area contributed by atoms with Crippen molar-refractivity contribution in [2.75, 3.05) is 30.9 Å². The van der Waals surface area contributed by atoms with Crippen molar-refractivity contribution >= 4 is 28.9 Å². The normalized spacial score (nSPS) is 13.6. The van der Waals surface area contributed by atoms with Crippen LogP contribution in [0.2, 0.25) is 0 Å². The van der Waals surface area contributed by atoms with Crippen LogP contribution in [-0.2, 0) is 16.0 Å². The van der Waals surface area contributed by atoms with Crippen molar-refractivity contribution in [1.82, 2.24) is 0 Å². The highest BCUT2D eigenvalue weighted by Crippen LogP contribution is 2.30. The number of Topliss-reactive ketones (excluding diaryl/α,β-unsaturated/α-hetero) is 1. The maximum atomic E-state index is 13.2.